The Hall–Kier alpha value is -2.43. The maximum atomic E-state index is 12.0. The van der Waals surface area contributed by atoms with E-state index in [2.05, 4.69) is 5.32 Å². The molecule has 1 heterocycles. The highest BCUT2D eigenvalue weighted by Gasteiger charge is 2.13. The first-order chi connectivity index (χ1) is 8.61. The van der Waals surface area contributed by atoms with Gasteiger partial charge in [-0.25, -0.2) is 0 Å². The molecule has 1 amide bonds. The summed E-state index contributed by atoms with van der Waals surface area (Å²) < 4.78 is 10.2. The van der Waals surface area contributed by atoms with Crippen LogP contribution in [0.4, 0.5) is 11.4 Å². The Balaban J connectivity index is 2.27. The lowest BCUT2D eigenvalue weighted by molar-refractivity contribution is 0.102. The highest BCUT2D eigenvalue weighted by Crippen LogP contribution is 2.27. The molecule has 1 aromatic heterocycles. The lowest BCUT2D eigenvalue weighted by Gasteiger charge is -2.10. The van der Waals surface area contributed by atoms with Crippen molar-refractivity contribution in [1.82, 2.24) is 0 Å². The summed E-state index contributed by atoms with van der Waals surface area (Å²) in [5, 5.41) is 2.74. The highest BCUT2D eigenvalue weighted by molar-refractivity contribution is 6.05. The molecule has 0 fully saturated rings. The van der Waals surface area contributed by atoms with Crippen LogP contribution in [0.15, 0.2) is 34.9 Å². The van der Waals surface area contributed by atoms with E-state index in [1.54, 1.807) is 31.2 Å². The van der Waals surface area contributed by atoms with Crippen molar-refractivity contribution in [2.45, 2.75) is 6.92 Å². The largest absolute Gasteiger partial charge is 0.495 e. The van der Waals surface area contributed by atoms with E-state index in [-0.39, 0.29) is 5.91 Å². The number of carbonyl (C=O) groups is 1. The predicted molar refractivity (Wildman–Crippen MR) is 68.8 cm³/mol. The van der Waals surface area contributed by atoms with Gasteiger partial charge in [-0.2, -0.15) is 0 Å². The number of methoxy groups -OCH3 is 1. The predicted octanol–water partition coefficient (Wildman–Crippen LogP) is 2.43. The highest BCUT2D eigenvalue weighted by atomic mass is 16.5. The molecule has 5 nitrogen and oxygen atoms in total. The molecule has 0 unspecified atom stereocenters. The monoisotopic (exact) mass is 246 g/mol. The molecule has 0 spiro atoms. The van der Waals surface area contributed by atoms with Crippen LogP contribution in [0.3, 0.4) is 0 Å². The minimum absolute atomic E-state index is 0.259. The third-order valence-electron chi connectivity index (χ3n) is 2.58. The van der Waals surface area contributed by atoms with E-state index in [1.807, 2.05) is 0 Å². The molecular formula is C13H14N2O3. The quantitative estimate of drug-likeness (QED) is 0.815. The van der Waals surface area contributed by atoms with Crippen LogP contribution in [-0.4, -0.2) is 13.0 Å². The van der Waals surface area contributed by atoms with Crippen LogP contribution < -0.4 is 15.8 Å². The van der Waals surface area contributed by atoms with Gasteiger partial charge in [-0.3, -0.25) is 4.79 Å². The maximum Gasteiger partial charge on any atom is 0.259 e. The Morgan fingerprint density at radius 1 is 1.39 bits per heavy atom. The summed E-state index contributed by atoms with van der Waals surface area (Å²) in [6.45, 7) is 1.73. The Morgan fingerprint density at radius 3 is 2.78 bits per heavy atom. The van der Waals surface area contributed by atoms with Crippen LogP contribution in [0.5, 0.6) is 5.75 Å². The summed E-state index contributed by atoms with van der Waals surface area (Å²) in [4.78, 5) is 12.0. The first-order valence-electron chi connectivity index (χ1n) is 5.41. The summed E-state index contributed by atoms with van der Waals surface area (Å²) in [5.74, 6) is 0.860. The second kappa shape index (κ2) is 4.83. The molecule has 0 atom stereocenters. The van der Waals surface area contributed by atoms with Crippen molar-refractivity contribution in [3.8, 4) is 5.75 Å². The van der Waals surface area contributed by atoms with Gasteiger partial charge in [0, 0.05) is 5.69 Å². The smallest absolute Gasteiger partial charge is 0.259 e. The van der Waals surface area contributed by atoms with E-state index >= 15 is 0 Å². The molecular weight excluding hydrogens is 232 g/mol. The second-order valence-electron chi connectivity index (χ2n) is 3.80. The zero-order chi connectivity index (χ0) is 13.1. The minimum atomic E-state index is -0.259. The number of nitrogen functional groups attached to an aromatic ring is 1. The molecule has 2 rings (SSSR count). The standard InChI is InChI=1S/C13H14N2O3/c1-8-10(5-6-18-8)13(16)15-11-7-9(14)3-4-12(11)17-2/h3-7H,14H2,1-2H3,(H,15,16). The summed E-state index contributed by atoms with van der Waals surface area (Å²) in [6.07, 6.45) is 1.47. The molecule has 0 aliphatic heterocycles. The van der Waals surface area contributed by atoms with Crippen molar-refractivity contribution in [3.05, 3.63) is 41.9 Å². The van der Waals surface area contributed by atoms with E-state index in [4.69, 9.17) is 14.9 Å². The van der Waals surface area contributed by atoms with Gasteiger partial charge < -0.3 is 20.2 Å². The van der Waals surface area contributed by atoms with Crippen LogP contribution in [0.2, 0.25) is 0 Å². The molecule has 0 aliphatic carbocycles. The van der Waals surface area contributed by atoms with Gasteiger partial charge >= 0.3 is 0 Å². The fourth-order valence-corrected chi connectivity index (χ4v) is 1.63. The van der Waals surface area contributed by atoms with Gasteiger partial charge in [0.15, 0.2) is 0 Å². The third kappa shape index (κ3) is 2.29. The van der Waals surface area contributed by atoms with Crippen LogP contribution in [0.1, 0.15) is 16.1 Å². The topological polar surface area (TPSA) is 77.5 Å². The van der Waals surface area contributed by atoms with Gasteiger partial charge in [0.25, 0.3) is 5.91 Å². The van der Waals surface area contributed by atoms with E-state index in [9.17, 15) is 4.79 Å². The van der Waals surface area contributed by atoms with Crippen molar-refractivity contribution in [3.63, 3.8) is 0 Å². The van der Waals surface area contributed by atoms with Crippen LogP contribution in [-0.2, 0) is 0 Å². The zero-order valence-electron chi connectivity index (χ0n) is 10.2. The Labute approximate surface area is 105 Å². The number of hydrogen-bond acceptors (Lipinski definition) is 4. The first kappa shape index (κ1) is 12.0. The van der Waals surface area contributed by atoms with E-state index in [0.717, 1.165) is 0 Å². The Bertz CT molecular complexity index is 575. The summed E-state index contributed by atoms with van der Waals surface area (Å²) in [5.41, 5.74) is 7.25. The van der Waals surface area contributed by atoms with Crippen molar-refractivity contribution in [2.24, 2.45) is 0 Å². The molecule has 5 heteroatoms. The molecule has 0 radical (unpaired) electrons. The number of nitrogens with two attached hydrogens (primary N) is 1. The fourth-order valence-electron chi connectivity index (χ4n) is 1.63. The number of ether oxygens (including phenoxy) is 1. The summed E-state index contributed by atoms with van der Waals surface area (Å²) >= 11 is 0. The normalized spacial score (nSPS) is 10.1. The average molecular weight is 246 g/mol. The van der Waals surface area contributed by atoms with Crippen molar-refractivity contribution < 1.29 is 13.9 Å². The molecule has 3 N–H and O–H groups in total. The lowest BCUT2D eigenvalue weighted by Crippen LogP contribution is -2.13. The number of aryl methyl sites for hydroxylation is 1. The second-order valence-corrected chi connectivity index (χ2v) is 3.80. The molecule has 94 valence electrons. The van der Waals surface area contributed by atoms with Crippen molar-refractivity contribution in [2.75, 3.05) is 18.2 Å². The molecule has 1 aromatic carbocycles. The van der Waals surface area contributed by atoms with E-state index in [1.165, 1.54) is 13.4 Å². The average Bonchev–Trinajstić information content (AvgIpc) is 2.76. The number of benzene rings is 1. The zero-order valence-corrected chi connectivity index (χ0v) is 10.2. The Kier molecular flexibility index (Phi) is 3.23. The number of furan rings is 1. The Morgan fingerprint density at radius 2 is 2.17 bits per heavy atom. The molecule has 2 aromatic rings. The fraction of sp³-hybridized carbons (Fsp3) is 0.154. The van der Waals surface area contributed by atoms with Crippen LogP contribution in [0, 0.1) is 6.92 Å². The number of amides is 1. The van der Waals surface area contributed by atoms with Gasteiger partial charge in [-0.05, 0) is 31.2 Å². The molecule has 0 aliphatic rings. The number of hydrogen-bond donors (Lipinski definition) is 2. The summed E-state index contributed by atoms with van der Waals surface area (Å²) in [7, 11) is 1.53. The van der Waals surface area contributed by atoms with Crippen molar-refractivity contribution >= 4 is 17.3 Å². The van der Waals surface area contributed by atoms with E-state index < -0.39 is 0 Å². The molecule has 18 heavy (non-hydrogen) atoms. The van der Waals surface area contributed by atoms with Crippen LogP contribution >= 0.6 is 0 Å². The lowest BCUT2D eigenvalue weighted by atomic mass is 10.2. The third-order valence-corrected chi connectivity index (χ3v) is 2.58. The van der Waals surface area contributed by atoms with Crippen molar-refractivity contribution in [1.29, 1.82) is 0 Å². The number of nitrogens with one attached hydrogen (secondary N) is 1. The molecule has 0 saturated heterocycles. The SMILES string of the molecule is COc1ccc(N)cc1NC(=O)c1ccoc1C. The number of anilines is 2. The first-order valence-corrected chi connectivity index (χ1v) is 5.41. The van der Waals surface area contributed by atoms with Gasteiger partial charge in [0.05, 0.1) is 24.6 Å². The van der Waals surface area contributed by atoms with Gasteiger partial charge in [0.1, 0.15) is 11.5 Å². The van der Waals surface area contributed by atoms with Gasteiger partial charge in [-0.1, -0.05) is 0 Å². The summed E-state index contributed by atoms with van der Waals surface area (Å²) in [6, 6.07) is 6.67. The molecule has 0 saturated carbocycles. The van der Waals surface area contributed by atoms with Gasteiger partial charge in [-0.15, -0.1) is 0 Å². The number of rotatable bonds is 3. The van der Waals surface area contributed by atoms with Crippen LogP contribution in [0.25, 0.3) is 0 Å². The van der Waals surface area contributed by atoms with E-state index in [0.29, 0.717) is 28.4 Å². The molecule has 0 bridgehead atoms. The number of carbonyl (C=O) groups excluding carboxylic acids is 1. The van der Waals surface area contributed by atoms with Gasteiger partial charge in [0.2, 0.25) is 0 Å². The minimum Gasteiger partial charge on any atom is -0.495 e. The maximum absolute atomic E-state index is 12.0.